The van der Waals surface area contributed by atoms with Crippen LogP contribution in [0.25, 0.3) is 10.2 Å². The molecule has 1 aromatic carbocycles. The third kappa shape index (κ3) is 3.20. The molecule has 0 aliphatic heterocycles. The molecule has 0 unspecified atom stereocenters. The van der Waals surface area contributed by atoms with Crippen LogP contribution in [0.1, 0.15) is 34.7 Å². The minimum absolute atomic E-state index is 0.255. The van der Waals surface area contributed by atoms with Gasteiger partial charge in [-0.25, -0.2) is 4.98 Å². The Morgan fingerprint density at radius 1 is 1.23 bits per heavy atom. The minimum atomic E-state index is -0.928. The van der Waals surface area contributed by atoms with Gasteiger partial charge in [-0.1, -0.05) is 0 Å². The Morgan fingerprint density at radius 3 is 2.67 bits per heavy atom. The van der Waals surface area contributed by atoms with Gasteiger partial charge in [-0.15, -0.1) is 11.3 Å². The molecule has 0 fully saturated rings. The van der Waals surface area contributed by atoms with Crippen LogP contribution in [0.3, 0.4) is 0 Å². The zero-order valence-corrected chi connectivity index (χ0v) is 16.5. The van der Waals surface area contributed by atoms with Crippen molar-refractivity contribution in [3.63, 3.8) is 0 Å². The van der Waals surface area contributed by atoms with Crippen molar-refractivity contribution in [1.82, 2.24) is 9.66 Å². The summed E-state index contributed by atoms with van der Waals surface area (Å²) in [7, 11) is 0. The standard InChI is InChI=1S/C18H15N5O6S/c1-9-20-17-15(12-4-2-3-5-14(12)30-17)18(25)21(9)19-8-10-6-11(22(26)27)7-13(16(10)24)23(28)29/h6-8,24H,2-5H2,1H3/b19-8-. The lowest BCUT2D eigenvalue weighted by Crippen LogP contribution is -2.21. The summed E-state index contributed by atoms with van der Waals surface area (Å²) in [5.74, 6) is -0.483. The van der Waals surface area contributed by atoms with E-state index in [0.29, 0.717) is 22.1 Å². The normalized spacial score (nSPS) is 13.6. The number of aromatic nitrogens is 2. The number of aromatic hydroxyl groups is 1. The predicted molar refractivity (Wildman–Crippen MR) is 110 cm³/mol. The smallest absolute Gasteiger partial charge is 0.318 e. The summed E-state index contributed by atoms with van der Waals surface area (Å²) in [5, 5.41) is 36.8. The maximum atomic E-state index is 13.1. The zero-order valence-electron chi connectivity index (χ0n) is 15.7. The Hall–Kier alpha value is -3.67. The zero-order chi connectivity index (χ0) is 21.6. The lowest BCUT2D eigenvalue weighted by Gasteiger charge is -2.10. The van der Waals surface area contributed by atoms with Gasteiger partial charge in [0, 0.05) is 10.9 Å². The number of nitro benzene ring substituents is 2. The van der Waals surface area contributed by atoms with Crippen molar-refractivity contribution in [1.29, 1.82) is 0 Å². The summed E-state index contributed by atoms with van der Waals surface area (Å²) in [4.78, 5) is 39.7. The van der Waals surface area contributed by atoms with Crippen LogP contribution < -0.4 is 5.56 Å². The van der Waals surface area contributed by atoms with Crippen molar-refractivity contribution in [2.24, 2.45) is 5.10 Å². The van der Waals surface area contributed by atoms with E-state index in [1.54, 1.807) is 6.92 Å². The van der Waals surface area contributed by atoms with Gasteiger partial charge in [0.25, 0.3) is 11.2 Å². The van der Waals surface area contributed by atoms with E-state index in [9.17, 15) is 30.1 Å². The van der Waals surface area contributed by atoms with Crippen LogP contribution in [0.4, 0.5) is 11.4 Å². The number of phenolic OH excluding ortho intramolecular Hbond substituents is 1. The number of phenols is 1. The first kappa shape index (κ1) is 19.6. The van der Waals surface area contributed by atoms with Crippen LogP contribution in [-0.4, -0.2) is 30.8 Å². The van der Waals surface area contributed by atoms with E-state index in [2.05, 4.69) is 10.1 Å². The monoisotopic (exact) mass is 429 g/mol. The van der Waals surface area contributed by atoms with Gasteiger partial charge in [-0.05, 0) is 38.2 Å². The molecule has 0 radical (unpaired) electrons. The van der Waals surface area contributed by atoms with Crippen molar-refractivity contribution in [2.45, 2.75) is 32.6 Å². The predicted octanol–water partition coefficient (Wildman–Crippen LogP) is 3.05. The third-order valence-electron chi connectivity index (χ3n) is 4.95. The number of thiophene rings is 1. The molecule has 11 nitrogen and oxygen atoms in total. The highest BCUT2D eigenvalue weighted by molar-refractivity contribution is 7.18. The first-order valence-electron chi connectivity index (χ1n) is 9.02. The summed E-state index contributed by atoms with van der Waals surface area (Å²) in [5.41, 5.74) is -1.06. The molecule has 0 saturated carbocycles. The van der Waals surface area contributed by atoms with E-state index in [4.69, 9.17) is 0 Å². The molecule has 4 rings (SSSR count). The number of hydrogen-bond acceptors (Lipinski definition) is 9. The van der Waals surface area contributed by atoms with Crippen molar-refractivity contribution < 1.29 is 15.0 Å². The fourth-order valence-electron chi connectivity index (χ4n) is 3.52. The van der Waals surface area contributed by atoms with Gasteiger partial charge in [0.2, 0.25) is 5.75 Å². The maximum Gasteiger partial charge on any atom is 0.318 e. The molecular weight excluding hydrogens is 414 g/mol. The van der Waals surface area contributed by atoms with Crippen LogP contribution in [0, 0.1) is 27.2 Å². The molecule has 1 aliphatic rings. The summed E-state index contributed by atoms with van der Waals surface area (Å²) in [6, 6.07) is 1.61. The number of fused-ring (bicyclic) bond motifs is 3. The Morgan fingerprint density at radius 2 is 1.97 bits per heavy atom. The average molecular weight is 429 g/mol. The fraction of sp³-hybridized carbons (Fsp3) is 0.278. The molecule has 0 amide bonds. The topological polar surface area (TPSA) is 154 Å². The number of hydrogen-bond donors (Lipinski definition) is 1. The van der Waals surface area contributed by atoms with Crippen molar-refractivity contribution in [3.05, 3.63) is 64.5 Å². The van der Waals surface area contributed by atoms with Gasteiger partial charge in [0.05, 0.1) is 33.1 Å². The van der Waals surface area contributed by atoms with Crippen molar-refractivity contribution >= 4 is 39.1 Å². The molecule has 0 atom stereocenters. The largest absolute Gasteiger partial charge is 0.502 e. The molecule has 0 saturated heterocycles. The molecule has 2 heterocycles. The number of nitro groups is 2. The highest BCUT2D eigenvalue weighted by Gasteiger charge is 2.24. The average Bonchev–Trinajstić information content (AvgIpc) is 3.06. The summed E-state index contributed by atoms with van der Waals surface area (Å²) < 4.78 is 1.04. The lowest BCUT2D eigenvalue weighted by atomic mass is 9.97. The van der Waals surface area contributed by atoms with Gasteiger partial charge in [0.1, 0.15) is 10.7 Å². The van der Waals surface area contributed by atoms with Gasteiger partial charge in [0.15, 0.2) is 0 Å². The molecule has 1 aliphatic carbocycles. The Labute approximate surface area is 172 Å². The Balaban J connectivity index is 1.86. The van der Waals surface area contributed by atoms with Gasteiger partial charge in [-0.3, -0.25) is 25.0 Å². The minimum Gasteiger partial charge on any atom is -0.502 e. The number of nitrogens with zero attached hydrogens (tertiary/aromatic N) is 5. The molecule has 0 bridgehead atoms. The Kier molecular flexibility index (Phi) is 4.78. The quantitative estimate of drug-likeness (QED) is 0.380. The van der Waals surface area contributed by atoms with Crippen molar-refractivity contribution in [2.75, 3.05) is 0 Å². The maximum absolute atomic E-state index is 13.1. The van der Waals surface area contributed by atoms with E-state index in [1.807, 2.05) is 0 Å². The third-order valence-corrected chi connectivity index (χ3v) is 6.14. The molecule has 1 N–H and O–H groups in total. The summed E-state index contributed by atoms with van der Waals surface area (Å²) >= 11 is 1.50. The van der Waals surface area contributed by atoms with Crippen LogP contribution in [-0.2, 0) is 12.8 Å². The molecular formula is C18H15N5O6S. The second-order valence-corrected chi connectivity index (χ2v) is 7.91. The molecule has 12 heteroatoms. The van der Waals surface area contributed by atoms with Gasteiger partial charge < -0.3 is 5.11 Å². The molecule has 30 heavy (non-hydrogen) atoms. The number of rotatable bonds is 4. The van der Waals surface area contributed by atoms with E-state index >= 15 is 0 Å². The molecule has 3 aromatic rings. The number of benzene rings is 1. The van der Waals surface area contributed by atoms with Gasteiger partial charge >= 0.3 is 5.69 Å². The second kappa shape index (κ2) is 7.30. The van der Waals surface area contributed by atoms with Crippen molar-refractivity contribution in [3.8, 4) is 5.75 Å². The van der Waals surface area contributed by atoms with Crippen LogP contribution in [0.15, 0.2) is 22.0 Å². The fourth-order valence-corrected chi connectivity index (χ4v) is 4.82. The Bertz CT molecular complexity index is 1310. The highest BCUT2D eigenvalue weighted by atomic mass is 32.1. The lowest BCUT2D eigenvalue weighted by molar-refractivity contribution is -0.394. The SMILES string of the molecule is Cc1nc2sc3c(c2c(=O)n1/N=C\c1cc([N+](=O)[O-])cc([N+](=O)[O-])c1O)CCCC3. The van der Waals surface area contributed by atoms with Gasteiger partial charge in [-0.2, -0.15) is 9.78 Å². The van der Waals surface area contributed by atoms with E-state index in [-0.39, 0.29) is 11.1 Å². The van der Waals surface area contributed by atoms with Crippen LogP contribution in [0.5, 0.6) is 5.75 Å². The molecule has 0 spiro atoms. The summed E-state index contributed by atoms with van der Waals surface area (Å²) in [6.45, 7) is 1.59. The first-order valence-corrected chi connectivity index (χ1v) is 9.83. The molecule has 2 aromatic heterocycles. The number of aryl methyl sites for hydroxylation is 3. The summed E-state index contributed by atoms with van der Waals surface area (Å²) in [6.07, 6.45) is 4.73. The van der Waals surface area contributed by atoms with E-state index in [0.717, 1.165) is 53.1 Å². The highest BCUT2D eigenvalue weighted by Crippen LogP contribution is 2.34. The first-order chi connectivity index (χ1) is 14.3. The molecule has 154 valence electrons. The number of non-ortho nitro benzene ring substituents is 1. The second-order valence-electron chi connectivity index (χ2n) is 6.83. The van der Waals surface area contributed by atoms with Crippen LogP contribution >= 0.6 is 11.3 Å². The van der Waals surface area contributed by atoms with E-state index < -0.39 is 27.0 Å². The van der Waals surface area contributed by atoms with E-state index in [1.165, 1.54) is 11.3 Å². The van der Waals surface area contributed by atoms with Crippen LogP contribution in [0.2, 0.25) is 0 Å².